The van der Waals surface area contributed by atoms with Gasteiger partial charge >= 0.3 is 0 Å². The van der Waals surface area contributed by atoms with Gasteiger partial charge in [0, 0.05) is 6.42 Å². The zero-order chi connectivity index (χ0) is 15.6. The normalized spacial score (nSPS) is 12.3. The van der Waals surface area contributed by atoms with Gasteiger partial charge in [-0.05, 0) is 46.9 Å². The Morgan fingerprint density at radius 2 is 1.64 bits per heavy atom. The van der Waals surface area contributed by atoms with Crippen molar-refractivity contribution in [2.24, 2.45) is 0 Å². The molecule has 1 unspecified atom stereocenters. The highest BCUT2D eigenvalue weighted by Gasteiger charge is 2.33. The van der Waals surface area contributed by atoms with Crippen LogP contribution in [0.4, 0.5) is 0 Å². The van der Waals surface area contributed by atoms with Crippen LogP contribution in [0.1, 0.15) is 45.1 Å². The smallest absolute Gasteiger partial charge is 0.144 e. The van der Waals surface area contributed by atoms with E-state index in [9.17, 15) is 0 Å². The number of unbranched alkanes of at least 4 members (excludes halogenated alkanes) is 2. The Balaban J connectivity index is 0.00000441. The first-order valence-corrected chi connectivity index (χ1v) is 9.40. The molecule has 0 aliphatic heterocycles. The van der Waals surface area contributed by atoms with Crippen molar-refractivity contribution in [3.05, 3.63) is 35.9 Å². The predicted molar refractivity (Wildman–Crippen MR) is 101 cm³/mol. The van der Waals surface area contributed by atoms with Crippen molar-refractivity contribution in [1.29, 1.82) is 0 Å². The van der Waals surface area contributed by atoms with Gasteiger partial charge in [0.05, 0.1) is 13.1 Å². The van der Waals surface area contributed by atoms with Gasteiger partial charge in [-0.25, -0.2) is 0 Å². The SMILES string of the molecule is C#CC[N+](CCCC)(CCCC)C(I)Cc1ccccc1.[Cl-]. The molecule has 0 aliphatic rings. The number of rotatable bonds is 10. The Kier molecular flexibility index (Phi) is 12.1. The van der Waals surface area contributed by atoms with Crippen LogP contribution >= 0.6 is 22.6 Å². The molecule has 0 bridgehead atoms. The van der Waals surface area contributed by atoms with Crippen LogP contribution in [0.15, 0.2) is 30.3 Å². The number of halogens is 2. The maximum Gasteiger partial charge on any atom is 0.144 e. The fraction of sp³-hybridized carbons (Fsp3) is 0.579. The average molecular weight is 434 g/mol. The number of hydrogen-bond acceptors (Lipinski definition) is 0. The Morgan fingerprint density at radius 1 is 1.09 bits per heavy atom. The molecule has 1 aromatic rings. The van der Waals surface area contributed by atoms with E-state index in [4.69, 9.17) is 6.42 Å². The van der Waals surface area contributed by atoms with E-state index in [-0.39, 0.29) is 12.4 Å². The third-order valence-electron chi connectivity index (χ3n) is 4.16. The van der Waals surface area contributed by atoms with Crippen LogP contribution < -0.4 is 12.4 Å². The van der Waals surface area contributed by atoms with Gasteiger partial charge < -0.3 is 16.9 Å². The lowest BCUT2D eigenvalue weighted by molar-refractivity contribution is -0.927. The van der Waals surface area contributed by atoms with Crippen LogP contribution in [0.3, 0.4) is 0 Å². The summed E-state index contributed by atoms with van der Waals surface area (Å²) < 4.78 is 1.63. The fourth-order valence-electron chi connectivity index (χ4n) is 2.78. The minimum Gasteiger partial charge on any atom is -1.00 e. The monoisotopic (exact) mass is 433 g/mol. The summed E-state index contributed by atoms with van der Waals surface area (Å²) in [5, 5.41) is 0. The Morgan fingerprint density at radius 3 is 2.09 bits per heavy atom. The summed E-state index contributed by atoms with van der Waals surface area (Å²) in [5.41, 5.74) is 1.42. The molecule has 0 amide bonds. The van der Waals surface area contributed by atoms with Gasteiger partial charge in [-0.1, -0.05) is 57.0 Å². The number of quaternary nitrogens is 1. The Bertz CT molecular complexity index is 419. The summed E-state index contributed by atoms with van der Waals surface area (Å²) in [6.45, 7) is 7.82. The molecular formula is C19H29ClIN. The Labute approximate surface area is 157 Å². The molecule has 0 aromatic heterocycles. The van der Waals surface area contributed by atoms with Gasteiger partial charge in [-0.2, -0.15) is 0 Å². The number of alkyl halides is 1. The second-order valence-electron chi connectivity index (χ2n) is 5.86. The highest BCUT2D eigenvalue weighted by molar-refractivity contribution is 14.1. The molecule has 1 rings (SSSR count). The number of nitrogens with zero attached hydrogens (tertiary/aromatic N) is 1. The Hall–Kier alpha value is -0.240. The van der Waals surface area contributed by atoms with Crippen LogP contribution in [0.25, 0.3) is 0 Å². The lowest BCUT2D eigenvalue weighted by Crippen LogP contribution is -3.00. The van der Waals surface area contributed by atoms with Crippen molar-refractivity contribution in [3.63, 3.8) is 0 Å². The van der Waals surface area contributed by atoms with Crippen LogP contribution in [0.5, 0.6) is 0 Å². The van der Waals surface area contributed by atoms with Crippen LogP contribution in [-0.4, -0.2) is 28.2 Å². The van der Waals surface area contributed by atoms with Crippen molar-refractivity contribution in [2.45, 2.75) is 50.0 Å². The van der Waals surface area contributed by atoms with Gasteiger partial charge in [-0.3, -0.25) is 0 Å². The molecule has 0 saturated heterocycles. The summed E-state index contributed by atoms with van der Waals surface area (Å²) in [7, 11) is 0. The molecule has 0 heterocycles. The average Bonchev–Trinajstić information content (AvgIpc) is 2.51. The fourth-order valence-corrected chi connectivity index (χ4v) is 4.04. The van der Waals surface area contributed by atoms with Crippen molar-refractivity contribution in [2.75, 3.05) is 19.6 Å². The molecule has 3 heteroatoms. The van der Waals surface area contributed by atoms with E-state index in [0.717, 1.165) is 17.4 Å². The van der Waals surface area contributed by atoms with E-state index in [2.05, 4.69) is 72.7 Å². The van der Waals surface area contributed by atoms with E-state index in [1.165, 1.54) is 44.3 Å². The molecule has 1 aromatic carbocycles. The zero-order valence-corrected chi connectivity index (χ0v) is 16.8. The first-order chi connectivity index (χ1) is 10.2. The minimum atomic E-state index is 0. The summed E-state index contributed by atoms with van der Waals surface area (Å²) in [5.74, 6) is 2.96. The van der Waals surface area contributed by atoms with E-state index in [1.54, 1.807) is 0 Å². The third-order valence-corrected chi connectivity index (χ3v) is 5.78. The first-order valence-electron chi connectivity index (χ1n) is 8.15. The molecule has 1 atom stereocenters. The first kappa shape index (κ1) is 21.8. The van der Waals surface area contributed by atoms with Crippen LogP contribution in [0, 0.1) is 12.3 Å². The second kappa shape index (κ2) is 12.2. The number of terminal acetylenes is 1. The lowest BCUT2D eigenvalue weighted by atomic mass is 10.1. The maximum absolute atomic E-state index is 5.72. The standard InChI is InChI=1S/C19H29IN.ClH/c1-4-7-15-21(14-6-3,16-8-5-2)19(20)17-18-12-10-9-11-13-18;/h3,9-13,19H,4-5,7-8,14-17H2,1-2H3;1H/q+1;/p-1. The highest BCUT2D eigenvalue weighted by atomic mass is 127. The van der Waals surface area contributed by atoms with E-state index in [0.29, 0.717) is 4.05 Å². The van der Waals surface area contributed by atoms with Gasteiger partial charge in [-0.15, -0.1) is 6.42 Å². The van der Waals surface area contributed by atoms with Gasteiger partial charge in [0.25, 0.3) is 0 Å². The van der Waals surface area contributed by atoms with E-state index in [1.807, 2.05) is 0 Å². The van der Waals surface area contributed by atoms with Gasteiger partial charge in [0.1, 0.15) is 10.6 Å². The van der Waals surface area contributed by atoms with E-state index >= 15 is 0 Å². The molecule has 1 nitrogen and oxygen atoms in total. The number of benzene rings is 1. The molecule has 0 radical (unpaired) electrons. The zero-order valence-electron chi connectivity index (χ0n) is 13.9. The molecule has 0 aliphatic carbocycles. The molecule has 0 saturated carbocycles. The molecular weight excluding hydrogens is 405 g/mol. The minimum absolute atomic E-state index is 0. The molecule has 0 fully saturated rings. The van der Waals surface area contributed by atoms with Crippen molar-refractivity contribution < 1.29 is 16.9 Å². The maximum atomic E-state index is 5.72. The summed E-state index contributed by atoms with van der Waals surface area (Å²) in [6.07, 6.45) is 11.8. The van der Waals surface area contributed by atoms with Crippen molar-refractivity contribution in [1.82, 2.24) is 0 Å². The molecule has 0 N–H and O–H groups in total. The summed E-state index contributed by atoms with van der Waals surface area (Å²) in [6, 6.07) is 10.8. The van der Waals surface area contributed by atoms with Crippen LogP contribution in [-0.2, 0) is 6.42 Å². The van der Waals surface area contributed by atoms with Gasteiger partial charge in [0.2, 0.25) is 0 Å². The third kappa shape index (κ3) is 6.89. The summed E-state index contributed by atoms with van der Waals surface area (Å²) in [4.78, 5) is 0. The van der Waals surface area contributed by atoms with E-state index < -0.39 is 0 Å². The second-order valence-corrected chi connectivity index (χ2v) is 7.30. The van der Waals surface area contributed by atoms with Crippen LogP contribution in [0.2, 0.25) is 0 Å². The largest absolute Gasteiger partial charge is 1.00 e. The molecule has 22 heavy (non-hydrogen) atoms. The number of hydrogen-bond donors (Lipinski definition) is 0. The predicted octanol–water partition coefficient (Wildman–Crippen LogP) is 2.04. The summed E-state index contributed by atoms with van der Waals surface area (Å²) >= 11 is 2.64. The van der Waals surface area contributed by atoms with Crippen molar-refractivity contribution >= 4 is 22.6 Å². The molecule has 124 valence electrons. The topological polar surface area (TPSA) is 0 Å². The highest BCUT2D eigenvalue weighted by Crippen LogP contribution is 2.25. The molecule has 0 spiro atoms. The van der Waals surface area contributed by atoms with Crippen molar-refractivity contribution in [3.8, 4) is 12.3 Å². The lowest BCUT2D eigenvalue weighted by Gasteiger charge is -2.41. The van der Waals surface area contributed by atoms with Gasteiger partial charge in [0.15, 0.2) is 0 Å². The quantitative estimate of drug-likeness (QED) is 0.174.